The van der Waals surface area contributed by atoms with E-state index in [0.717, 1.165) is 25.8 Å². The van der Waals surface area contributed by atoms with Gasteiger partial charge in [0.2, 0.25) is 0 Å². The fraction of sp³-hybridized carbons (Fsp3) is 0.308. The highest BCUT2D eigenvalue weighted by Crippen LogP contribution is 2.31. The van der Waals surface area contributed by atoms with Gasteiger partial charge in [-0.3, -0.25) is 16.0 Å². The third-order valence-electron chi connectivity index (χ3n) is 3.21. The van der Waals surface area contributed by atoms with E-state index in [2.05, 4.69) is 42.4 Å². The molecule has 2 aromatic rings. The summed E-state index contributed by atoms with van der Waals surface area (Å²) in [6.45, 7) is 1.95. The zero-order valence-electron chi connectivity index (χ0n) is 11.1. The molecular weight excluding hydrogens is 407 g/mol. The number of benzene rings is 1. The van der Waals surface area contributed by atoms with Crippen molar-refractivity contribution in [3.8, 4) is 0 Å². The topological polar surface area (TPSA) is 55.9 Å². The van der Waals surface area contributed by atoms with Crippen molar-refractivity contribution in [2.75, 3.05) is 0 Å². The first-order valence-corrected chi connectivity index (χ1v) is 7.99. The standard InChI is InChI=1S/C13H15Br2ClN4/c1-7-9(13(16)20(2)19-7)6-12(18-17)10-5-8(14)3-4-11(10)15/h3-5,12,18H,6,17H2,1-2H3. The van der Waals surface area contributed by atoms with Gasteiger partial charge in [0.1, 0.15) is 5.15 Å². The number of hydrogen-bond acceptors (Lipinski definition) is 3. The molecule has 2 rings (SSSR count). The lowest BCUT2D eigenvalue weighted by Crippen LogP contribution is -2.30. The fourth-order valence-electron chi connectivity index (χ4n) is 2.15. The van der Waals surface area contributed by atoms with Gasteiger partial charge in [-0.1, -0.05) is 43.5 Å². The third-order valence-corrected chi connectivity index (χ3v) is 4.90. The Hall–Kier alpha value is -0.400. The molecule has 4 nitrogen and oxygen atoms in total. The SMILES string of the molecule is Cc1nn(C)c(Cl)c1CC(NN)c1cc(Br)ccc1Br. The van der Waals surface area contributed by atoms with Gasteiger partial charge >= 0.3 is 0 Å². The molecule has 0 amide bonds. The maximum absolute atomic E-state index is 6.28. The average molecular weight is 423 g/mol. The largest absolute Gasteiger partial charge is 0.271 e. The van der Waals surface area contributed by atoms with E-state index in [-0.39, 0.29) is 6.04 Å². The van der Waals surface area contributed by atoms with Crippen LogP contribution in [0.5, 0.6) is 0 Å². The van der Waals surface area contributed by atoms with Crippen LogP contribution in [0.3, 0.4) is 0 Å². The number of hydrogen-bond donors (Lipinski definition) is 2. The molecule has 0 radical (unpaired) electrons. The van der Waals surface area contributed by atoms with Crippen LogP contribution >= 0.6 is 43.5 Å². The number of aromatic nitrogens is 2. The normalized spacial score (nSPS) is 12.7. The van der Waals surface area contributed by atoms with Crippen molar-refractivity contribution >= 4 is 43.5 Å². The van der Waals surface area contributed by atoms with Crippen LogP contribution in [0.25, 0.3) is 0 Å². The van der Waals surface area contributed by atoms with Crippen molar-refractivity contribution in [3.63, 3.8) is 0 Å². The fourth-order valence-corrected chi connectivity index (χ4v) is 3.30. The van der Waals surface area contributed by atoms with Gasteiger partial charge in [-0.15, -0.1) is 0 Å². The Kier molecular flexibility index (Phi) is 5.25. The molecule has 1 atom stereocenters. The molecule has 1 aromatic heterocycles. The van der Waals surface area contributed by atoms with Crippen LogP contribution in [0, 0.1) is 6.92 Å². The first kappa shape index (κ1) is 16.0. The van der Waals surface area contributed by atoms with E-state index in [4.69, 9.17) is 17.4 Å². The summed E-state index contributed by atoms with van der Waals surface area (Å²) in [5, 5.41) is 4.97. The summed E-state index contributed by atoms with van der Waals surface area (Å²) in [5.74, 6) is 5.72. The molecule has 108 valence electrons. The van der Waals surface area contributed by atoms with Gasteiger partial charge in [0.15, 0.2) is 0 Å². The molecule has 7 heteroatoms. The lowest BCUT2D eigenvalue weighted by molar-refractivity contribution is 0.548. The van der Waals surface area contributed by atoms with E-state index < -0.39 is 0 Å². The van der Waals surface area contributed by atoms with E-state index in [1.54, 1.807) is 4.68 Å². The minimum atomic E-state index is -0.0534. The molecule has 0 saturated carbocycles. The second-order valence-corrected chi connectivity index (χ2v) is 6.70. The summed E-state index contributed by atoms with van der Waals surface area (Å²) in [7, 11) is 1.83. The Morgan fingerprint density at radius 3 is 2.70 bits per heavy atom. The molecule has 0 saturated heterocycles. The van der Waals surface area contributed by atoms with Crippen LogP contribution in [0.1, 0.15) is 22.9 Å². The van der Waals surface area contributed by atoms with Crippen LogP contribution in [-0.2, 0) is 13.5 Å². The summed E-state index contributed by atoms with van der Waals surface area (Å²) in [4.78, 5) is 0. The van der Waals surface area contributed by atoms with Gasteiger partial charge in [-0.2, -0.15) is 5.10 Å². The monoisotopic (exact) mass is 420 g/mol. The van der Waals surface area contributed by atoms with E-state index in [0.29, 0.717) is 11.6 Å². The number of nitrogens with zero attached hydrogens (tertiary/aromatic N) is 2. The van der Waals surface area contributed by atoms with Gasteiger partial charge in [-0.05, 0) is 37.1 Å². The quantitative estimate of drug-likeness (QED) is 0.584. The highest BCUT2D eigenvalue weighted by Gasteiger charge is 2.19. The molecule has 1 heterocycles. The van der Waals surface area contributed by atoms with Gasteiger partial charge in [0, 0.05) is 21.6 Å². The van der Waals surface area contributed by atoms with E-state index >= 15 is 0 Å². The number of hydrazine groups is 1. The lowest BCUT2D eigenvalue weighted by atomic mass is 10.00. The summed E-state index contributed by atoms with van der Waals surface area (Å²) in [5.41, 5.74) is 5.85. The third kappa shape index (κ3) is 3.26. The van der Waals surface area contributed by atoms with Crippen molar-refractivity contribution < 1.29 is 0 Å². The smallest absolute Gasteiger partial charge is 0.130 e. The highest BCUT2D eigenvalue weighted by atomic mass is 79.9. The van der Waals surface area contributed by atoms with Gasteiger partial charge < -0.3 is 0 Å². The maximum atomic E-state index is 6.28. The molecular formula is C13H15Br2ClN4. The van der Waals surface area contributed by atoms with Crippen LogP contribution in [0.15, 0.2) is 27.1 Å². The van der Waals surface area contributed by atoms with Crippen LogP contribution in [-0.4, -0.2) is 9.78 Å². The Bertz CT molecular complexity index is 627. The molecule has 1 aromatic carbocycles. The van der Waals surface area contributed by atoms with Gasteiger partial charge in [0.05, 0.1) is 11.7 Å². The molecule has 0 fully saturated rings. The molecule has 20 heavy (non-hydrogen) atoms. The Labute approximate surface area is 139 Å². The first-order chi connectivity index (χ1) is 9.43. The Morgan fingerprint density at radius 2 is 2.15 bits per heavy atom. The lowest BCUT2D eigenvalue weighted by Gasteiger charge is -2.18. The summed E-state index contributed by atoms with van der Waals surface area (Å²) in [6, 6.07) is 5.95. The average Bonchev–Trinajstić information content (AvgIpc) is 2.65. The van der Waals surface area contributed by atoms with E-state index in [9.17, 15) is 0 Å². The zero-order chi connectivity index (χ0) is 14.9. The van der Waals surface area contributed by atoms with Gasteiger partial charge in [-0.25, -0.2) is 0 Å². The molecule has 3 N–H and O–H groups in total. The van der Waals surface area contributed by atoms with Gasteiger partial charge in [0.25, 0.3) is 0 Å². The second kappa shape index (κ2) is 6.58. The number of nitrogens with two attached hydrogens (primary N) is 1. The zero-order valence-corrected chi connectivity index (χ0v) is 15.1. The highest BCUT2D eigenvalue weighted by molar-refractivity contribution is 9.11. The summed E-state index contributed by atoms with van der Waals surface area (Å²) < 4.78 is 3.68. The van der Waals surface area contributed by atoms with Crippen molar-refractivity contribution in [1.82, 2.24) is 15.2 Å². The van der Waals surface area contributed by atoms with E-state index in [1.807, 2.05) is 32.2 Å². The predicted molar refractivity (Wildman–Crippen MR) is 88.6 cm³/mol. The number of nitrogens with one attached hydrogen (secondary N) is 1. The summed E-state index contributed by atoms with van der Waals surface area (Å²) >= 11 is 13.3. The molecule has 0 spiro atoms. The predicted octanol–water partition coefficient (Wildman–Crippen LogP) is 3.65. The second-order valence-electron chi connectivity index (χ2n) is 4.57. The Balaban J connectivity index is 2.36. The summed E-state index contributed by atoms with van der Waals surface area (Å²) in [6.07, 6.45) is 0.671. The van der Waals surface area contributed by atoms with Crippen LogP contribution in [0.4, 0.5) is 0 Å². The molecule has 1 unspecified atom stereocenters. The van der Waals surface area contributed by atoms with Crippen molar-refractivity contribution in [3.05, 3.63) is 49.1 Å². The minimum absolute atomic E-state index is 0.0534. The van der Waals surface area contributed by atoms with E-state index in [1.165, 1.54) is 0 Å². The van der Waals surface area contributed by atoms with Crippen molar-refractivity contribution in [2.45, 2.75) is 19.4 Å². The number of halogens is 3. The molecule has 0 aliphatic rings. The van der Waals surface area contributed by atoms with Crippen molar-refractivity contribution in [2.24, 2.45) is 12.9 Å². The number of aryl methyl sites for hydroxylation is 2. The molecule has 0 aliphatic carbocycles. The maximum Gasteiger partial charge on any atom is 0.130 e. The minimum Gasteiger partial charge on any atom is -0.271 e. The first-order valence-electron chi connectivity index (χ1n) is 6.03. The molecule has 0 bridgehead atoms. The van der Waals surface area contributed by atoms with Crippen molar-refractivity contribution in [1.29, 1.82) is 0 Å². The number of rotatable bonds is 4. The molecule has 0 aliphatic heterocycles. The van der Waals surface area contributed by atoms with Crippen LogP contribution < -0.4 is 11.3 Å². The van der Waals surface area contributed by atoms with Crippen LogP contribution in [0.2, 0.25) is 5.15 Å². The Morgan fingerprint density at radius 1 is 1.45 bits per heavy atom.